The summed E-state index contributed by atoms with van der Waals surface area (Å²) >= 11 is 1.45. The van der Waals surface area contributed by atoms with E-state index in [0.29, 0.717) is 11.7 Å². The summed E-state index contributed by atoms with van der Waals surface area (Å²) in [4.78, 5) is 15.4. The molecule has 0 unspecified atom stereocenters. The van der Waals surface area contributed by atoms with Crippen LogP contribution in [0.4, 0.5) is 9.93 Å². The second-order valence-corrected chi connectivity index (χ2v) is 3.74. The van der Waals surface area contributed by atoms with E-state index in [1.807, 2.05) is 19.2 Å². The van der Waals surface area contributed by atoms with Crippen molar-refractivity contribution in [3.05, 3.63) is 11.1 Å². The zero-order valence-corrected chi connectivity index (χ0v) is 9.28. The van der Waals surface area contributed by atoms with Crippen LogP contribution in [0.5, 0.6) is 0 Å². The molecular formula is C9H15N3OS. The number of rotatable bonds is 4. The van der Waals surface area contributed by atoms with Crippen LogP contribution in [0.1, 0.15) is 26.0 Å². The minimum Gasteiger partial charge on any atom is -0.338 e. The predicted molar refractivity (Wildman–Crippen MR) is 58.8 cm³/mol. The lowest BCUT2D eigenvalue weighted by Crippen LogP contribution is -2.29. The van der Waals surface area contributed by atoms with Crippen LogP contribution >= 0.6 is 11.3 Å². The van der Waals surface area contributed by atoms with E-state index >= 15 is 0 Å². The molecule has 4 nitrogen and oxygen atoms in total. The summed E-state index contributed by atoms with van der Waals surface area (Å²) in [5.74, 6) is 0. The van der Waals surface area contributed by atoms with Gasteiger partial charge in [0.15, 0.2) is 5.13 Å². The van der Waals surface area contributed by atoms with Crippen molar-refractivity contribution >= 4 is 22.5 Å². The first kappa shape index (κ1) is 11.0. The molecule has 0 saturated carbocycles. The molecule has 1 rings (SSSR count). The maximum absolute atomic E-state index is 11.2. The van der Waals surface area contributed by atoms with Gasteiger partial charge in [0.05, 0.1) is 5.69 Å². The van der Waals surface area contributed by atoms with Gasteiger partial charge in [0.25, 0.3) is 0 Å². The first-order valence-corrected chi connectivity index (χ1v) is 5.63. The van der Waals surface area contributed by atoms with Crippen molar-refractivity contribution in [2.75, 3.05) is 11.9 Å². The molecule has 0 aliphatic heterocycles. The van der Waals surface area contributed by atoms with Gasteiger partial charge in [0, 0.05) is 11.9 Å². The fourth-order valence-corrected chi connectivity index (χ4v) is 1.70. The minimum absolute atomic E-state index is 0.177. The van der Waals surface area contributed by atoms with Gasteiger partial charge >= 0.3 is 6.03 Å². The molecule has 1 heterocycles. The lowest BCUT2D eigenvalue weighted by molar-refractivity contribution is 0.252. The summed E-state index contributed by atoms with van der Waals surface area (Å²) < 4.78 is 0. The average molecular weight is 213 g/mol. The van der Waals surface area contributed by atoms with Crippen LogP contribution < -0.4 is 10.6 Å². The van der Waals surface area contributed by atoms with Crippen LogP contribution in [-0.4, -0.2) is 17.6 Å². The van der Waals surface area contributed by atoms with Gasteiger partial charge in [0.1, 0.15) is 0 Å². The van der Waals surface area contributed by atoms with Gasteiger partial charge < -0.3 is 5.32 Å². The SMILES string of the molecule is CCCNC(=O)Nc1nc(CC)cs1. The third-order valence-electron chi connectivity index (χ3n) is 1.67. The second kappa shape index (κ2) is 5.59. The zero-order valence-electron chi connectivity index (χ0n) is 8.46. The highest BCUT2D eigenvalue weighted by Crippen LogP contribution is 2.15. The van der Waals surface area contributed by atoms with Gasteiger partial charge in [-0.1, -0.05) is 13.8 Å². The summed E-state index contributed by atoms with van der Waals surface area (Å²) in [6.07, 6.45) is 1.83. The standard InChI is InChI=1S/C9H15N3OS/c1-3-5-10-8(13)12-9-11-7(4-2)6-14-9/h6H,3-5H2,1-2H3,(H2,10,11,12,13). The summed E-state index contributed by atoms with van der Waals surface area (Å²) in [7, 11) is 0. The lowest BCUT2D eigenvalue weighted by atomic mass is 10.4. The van der Waals surface area contributed by atoms with Crippen LogP contribution in [0.3, 0.4) is 0 Å². The zero-order chi connectivity index (χ0) is 10.4. The molecule has 0 bridgehead atoms. The number of aryl methyl sites for hydroxylation is 1. The normalized spacial score (nSPS) is 9.86. The number of hydrogen-bond acceptors (Lipinski definition) is 3. The molecular weight excluding hydrogens is 198 g/mol. The van der Waals surface area contributed by atoms with Crippen LogP contribution in [0.25, 0.3) is 0 Å². The number of thiazole rings is 1. The number of nitrogens with one attached hydrogen (secondary N) is 2. The van der Waals surface area contributed by atoms with E-state index in [1.165, 1.54) is 11.3 Å². The Morgan fingerprint density at radius 1 is 1.57 bits per heavy atom. The minimum atomic E-state index is -0.177. The fourth-order valence-electron chi connectivity index (χ4n) is 0.907. The van der Waals surface area contributed by atoms with Crippen molar-refractivity contribution in [2.24, 2.45) is 0 Å². The first-order valence-electron chi connectivity index (χ1n) is 4.75. The van der Waals surface area contributed by atoms with Gasteiger partial charge in [-0.3, -0.25) is 5.32 Å². The average Bonchev–Trinajstić information content (AvgIpc) is 2.62. The highest BCUT2D eigenvalue weighted by Gasteiger charge is 2.03. The number of urea groups is 1. The molecule has 0 aromatic carbocycles. The molecule has 2 N–H and O–H groups in total. The summed E-state index contributed by atoms with van der Waals surface area (Å²) in [5.41, 5.74) is 1.01. The Balaban J connectivity index is 2.39. The van der Waals surface area contributed by atoms with Crippen molar-refractivity contribution in [1.82, 2.24) is 10.3 Å². The van der Waals surface area contributed by atoms with Crippen molar-refractivity contribution in [2.45, 2.75) is 26.7 Å². The Kier molecular flexibility index (Phi) is 4.39. The molecule has 0 aliphatic carbocycles. The quantitative estimate of drug-likeness (QED) is 0.806. The first-order chi connectivity index (χ1) is 6.76. The number of amides is 2. The molecule has 78 valence electrons. The summed E-state index contributed by atoms with van der Waals surface area (Å²) in [6, 6.07) is -0.177. The molecule has 1 aromatic heterocycles. The van der Waals surface area contributed by atoms with Crippen molar-refractivity contribution in [3.63, 3.8) is 0 Å². The number of nitrogens with zero attached hydrogens (tertiary/aromatic N) is 1. The van der Waals surface area contributed by atoms with E-state index < -0.39 is 0 Å². The molecule has 1 aromatic rings. The molecule has 5 heteroatoms. The number of aromatic nitrogens is 1. The van der Waals surface area contributed by atoms with E-state index in [0.717, 1.165) is 18.5 Å². The van der Waals surface area contributed by atoms with Gasteiger partial charge in [-0.15, -0.1) is 11.3 Å². The Bertz CT molecular complexity index is 298. The second-order valence-electron chi connectivity index (χ2n) is 2.88. The van der Waals surface area contributed by atoms with E-state index in [2.05, 4.69) is 15.6 Å². The maximum atomic E-state index is 11.2. The number of carbonyl (C=O) groups is 1. The van der Waals surface area contributed by atoms with E-state index in [9.17, 15) is 4.79 Å². The smallest absolute Gasteiger partial charge is 0.321 e. The molecule has 0 radical (unpaired) electrons. The maximum Gasteiger partial charge on any atom is 0.321 e. The van der Waals surface area contributed by atoms with E-state index in [-0.39, 0.29) is 6.03 Å². The fraction of sp³-hybridized carbons (Fsp3) is 0.556. The third-order valence-corrected chi connectivity index (χ3v) is 2.48. The molecule has 14 heavy (non-hydrogen) atoms. The molecule has 2 amide bonds. The summed E-state index contributed by atoms with van der Waals surface area (Å²) in [5, 5.41) is 8.03. The monoisotopic (exact) mass is 213 g/mol. The highest BCUT2D eigenvalue weighted by atomic mass is 32.1. The number of carbonyl (C=O) groups excluding carboxylic acids is 1. The Hall–Kier alpha value is -1.10. The van der Waals surface area contributed by atoms with Crippen LogP contribution in [-0.2, 0) is 6.42 Å². The number of anilines is 1. The molecule has 0 saturated heterocycles. The van der Waals surface area contributed by atoms with Crippen LogP contribution in [0.15, 0.2) is 5.38 Å². The van der Waals surface area contributed by atoms with E-state index in [1.54, 1.807) is 0 Å². The van der Waals surface area contributed by atoms with Crippen molar-refractivity contribution in [3.8, 4) is 0 Å². The Morgan fingerprint density at radius 3 is 2.93 bits per heavy atom. The van der Waals surface area contributed by atoms with Gasteiger partial charge in [0.2, 0.25) is 0 Å². The van der Waals surface area contributed by atoms with Gasteiger partial charge in [-0.25, -0.2) is 9.78 Å². The molecule has 0 fully saturated rings. The van der Waals surface area contributed by atoms with Crippen molar-refractivity contribution in [1.29, 1.82) is 0 Å². The molecule has 0 aliphatic rings. The van der Waals surface area contributed by atoms with Crippen LogP contribution in [0.2, 0.25) is 0 Å². The molecule has 0 atom stereocenters. The third kappa shape index (κ3) is 3.33. The number of hydrogen-bond donors (Lipinski definition) is 2. The lowest BCUT2D eigenvalue weighted by Gasteiger charge is -2.02. The summed E-state index contributed by atoms with van der Waals surface area (Å²) in [6.45, 7) is 4.74. The molecule has 0 spiro atoms. The highest BCUT2D eigenvalue weighted by molar-refractivity contribution is 7.13. The largest absolute Gasteiger partial charge is 0.338 e. The van der Waals surface area contributed by atoms with Crippen LogP contribution in [0, 0.1) is 0 Å². The van der Waals surface area contributed by atoms with Gasteiger partial charge in [-0.2, -0.15) is 0 Å². The Labute approximate surface area is 87.7 Å². The topological polar surface area (TPSA) is 54.0 Å². The van der Waals surface area contributed by atoms with Gasteiger partial charge in [-0.05, 0) is 12.8 Å². The van der Waals surface area contributed by atoms with E-state index in [4.69, 9.17) is 0 Å². The predicted octanol–water partition coefficient (Wildman–Crippen LogP) is 2.24. The van der Waals surface area contributed by atoms with Crippen molar-refractivity contribution < 1.29 is 4.79 Å². The Morgan fingerprint density at radius 2 is 2.36 bits per heavy atom.